The van der Waals surface area contributed by atoms with Crippen LogP contribution in [0.2, 0.25) is 0 Å². The topological polar surface area (TPSA) is 85.4 Å². The van der Waals surface area contributed by atoms with Crippen LogP contribution in [0.5, 0.6) is 0 Å². The number of hydrogen-bond donors (Lipinski definition) is 1. The molecule has 1 aliphatic heterocycles. The molecule has 4 unspecified atom stereocenters. The van der Waals surface area contributed by atoms with Gasteiger partial charge in [-0.1, -0.05) is 6.92 Å². The van der Waals surface area contributed by atoms with Crippen molar-refractivity contribution in [2.24, 2.45) is 17.8 Å². The standard InChI is InChI=1S/C20H32O6/c1-13(8-9-24-20(23)15-3-5-16(21)6-4-15)10-19(22)25-12-14-2-7-17-18(11-14)26-17/h13-18,21H,2-12H2,1H3. The van der Waals surface area contributed by atoms with Crippen LogP contribution in [0.3, 0.4) is 0 Å². The second-order valence-corrected chi connectivity index (χ2v) is 8.35. The molecule has 148 valence electrons. The zero-order chi connectivity index (χ0) is 18.5. The molecule has 1 N–H and O–H groups in total. The van der Waals surface area contributed by atoms with Crippen LogP contribution in [0, 0.1) is 17.8 Å². The summed E-state index contributed by atoms with van der Waals surface area (Å²) in [6, 6.07) is 0. The monoisotopic (exact) mass is 368 g/mol. The van der Waals surface area contributed by atoms with Crippen molar-refractivity contribution in [3.8, 4) is 0 Å². The van der Waals surface area contributed by atoms with E-state index in [0.717, 1.165) is 19.3 Å². The van der Waals surface area contributed by atoms with Crippen LogP contribution in [0.1, 0.15) is 64.7 Å². The molecule has 4 atom stereocenters. The predicted octanol–water partition coefficient (Wildman–Crippen LogP) is 2.61. The lowest BCUT2D eigenvalue weighted by Gasteiger charge is -2.24. The number of hydrogen-bond acceptors (Lipinski definition) is 6. The Hall–Kier alpha value is -1.14. The number of carbonyl (C=O) groups is 2. The van der Waals surface area contributed by atoms with Crippen molar-refractivity contribution in [1.82, 2.24) is 0 Å². The van der Waals surface area contributed by atoms with Gasteiger partial charge in [0.1, 0.15) is 0 Å². The first kappa shape index (κ1) is 19.6. The smallest absolute Gasteiger partial charge is 0.308 e. The van der Waals surface area contributed by atoms with Gasteiger partial charge in [-0.25, -0.2) is 0 Å². The second kappa shape index (κ2) is 9.18. The summed E-state index contributed by atoms with van der Waals surface area (Å²) >= 11 is 0. The molecule has 0 spiro atoms. The van der Waals surface area contributed by atoms with E-state index in [1.807, 2.05) is 6.92 Å². The van der Waals surface area contributed by atoms with Crippen molar-refractivity contribution < 1.29 is 28.9 Å². The fraction of sp³-hybridized carbons (Fsp3) is 0.900. The molecular weight excluding hydrogens is 336 g/mol. The van der Waals surface area contributed by atoms with E-state index < -0.39 is 0 Å². The molecule has 6 heteroatoms. The molecule has 2 aliphatic carbocycles. The maximum atomic E-state index is 12.0. The molecule has 0 aromatic carbocycles. The van der Waals surface area contributed by atoms with Crippen LogP contribution in [-0.4, -0.2) is 48.6 Å². The fourth-order valence-corrected chi connectivity index (χ4v) is 4.08. The van der Waals surface area contributed by atoms with Crippen LogP contribution >= 0.6 is 0 Å². The highest BCUT2D eigenvalue weighted by molar-refractivity contribution is 5.72. The van der Waals surface area contributed by atoms with Crippen LogP contribution in [0.15, 0.2) is 0 Å². The van der Waals surface area contributed by atoms with Gasteiger partial charge in [0, 0.05) is 6.42 Å². The predicted molar refractivity (Wildman–Crippen MR) is 94.3 cm³/mol. The number of rotatable bonds is 8. The Morgan fingerprint density at radius 1 is 1.08 bits per heavy atom. The molecule has 0 aromatic rings. The van der Waals surface area contributed by atoms with E-state index >= 15 is 0 Å². The first-order chi connectivity index (χ1) is 12.5. The summed E-state index contributed by atoms with van der Waals surface area (Å²) in [6.07, 6.45) is 7.60. The number of epoxide rings is 1. The minimum absolute atomic E-state index is 0.0794. The van der Waals surface area contributed by atoms with Gasteiger partial charge in [-0.15, -0.1) is 0 Å². The lowest BCUT2D eigenvalue weighted by atomic mass is 9.87. The molecule has 3 aliphatic rings. The van der Waals surface area contributed by atoms with E-state index in [0.29, 0.717) is 69.9 Å². The Kier molecular flexibility index (Phi) is 6.92. The molecule has 2 saturated carbocycles. The molecule has 0 amide bonds. The Balaban J connectivity index is 1.23. The number of aliphatic hydroxyl groups is 1. The normalized spacial score (nSPS) is 34.5. The van der Waals surface area contributed by atoms with Crippen molar-refractivity contribution in [2.45, 2.75) is 83.0 Å². The molecule has 1 heterocycles. The average Bonchev–Trinajstić information content (AvgIpc) is 3.39. The van der Waals surface area contributed by atoms with Gasteiger partial charge in [0.25, 0.3) is 0 Å². The van der Waals surface area contributed by atoms with E-state index in [4.69, 9.17) is 14.2 Å². The molecule has 0 aromatic heterocycles. The summed E-state index contributed by atoms with van der Waals surface area (Å²) in [4.78, 5) is 24.0. The highest BCUT2D eigenvalue weighted by Gasteiger charge is 2.44. The van der Waals surface area contributed by atoms with E-state index in [1.165, 1.54) is 0 Å². The largest absolute Gasteiger partial charge is 0.465 e. The van der Waals surface area contributed by atoms with Gasteiger partial charge in [0.2, 0.25) is 0 Å². The summed E-state index contributed by atoms with van der Waals surface area (Å²) in [7, 11) is 0. The third-order valence-electron chi connectivity index (χ3n) is 5.99. The number of aliphatic hydroxyl groups excluding tert-OH is 1. The summed E-state index contributed by atoms with van der Waals surface area (Å²) in [5, 5.41) is 9.48. The summed E-state index contributed by atoms with van der Waals surface area (Å²) in [5.74, 6) is 0.164. The minimum Gasteiger partial charge on any atom is -0.465 e. The van der Waals surface area contributed by atoms with Gasteiger partial charge in [-0.3, -0.25) is 9.59 Å². The summed E-state index contributed by atoms with van der Waals surface area (Å²) in [5.41, 5.74) is 0. The third kappa shape index (κ3) is 5.95. The van der Waals surface area contributed by atoms with Gasteiger partial charge in [-0.2, -0.15) is 0 Å². The highest BCUT2D eigenvalue weighted by atomic mass is 16.6. The van der Waals surface area contributed by atoms with Gasteiger partial charge in [0.15, 0.2) is 0 Å². The first-order valence-corrected chi connectivity index (χ1v) is 10.2. The summed E-state index contributed by atoms with van der Waals surface area (Å²) < 4.78 is 16.3. The lowest BCUT2D eigenvalue weighted by Crippen LogP contribution is -2.26. The minimum atomic E-state index is -0.267. The van der Waals surface area contributed by atoms with E-state index in [9.17, 15) is 14.7 Å². The van der Waals surface area contributed by atoms with Crippen molar-refractivity contribution in [1.29, 1.82) is 0 Å². The molecule has 3 fully saturated rings. The quantitative estimate of drug-likeness (QED) is 0.524. The number of ether oxygens (including phenoxy) is 3. The van der Waals surface area contributed by atoms with Gasteiger partial charge >= 0.3 is 11.9 Å². The van der Waals surface area contributed by atoms with Crippen molar-refractivity contribution >= 4 is 11.9 Å². The van der Waals surface area contributed by atoms with E-state index in [-0.39, 0.29) is 29.9 Å². The van der Waals surface area contributed by atoms with Gasteiger partial charge < -0.3 is 19.3 Å². The van der Waals surface area contributed by atoms with Crippen molar-refractivity contribution in [3.63, 3.8) is 0 Å². The Labute approximate surface area is 155 Å². The molecule has 0 bridgehead atoms. The van der Waals surface area contributed by atoms with Gasteiger partial charge in [-0.05, 0) is 63.2 Å². The molecular formula is C20H32O6. The molecule has 6 nitrogen and oxygen atoms in total. The average molecular weight is 368 g/mol. The lowest BCUT2D eigenvalue weighted by molar-refractivity contribution is -0.150. The molecule has 1 saturated heterocycles. The zero-order valence-corrected chi connectivity index (χ0v) is 15.7. The maximum Gasteiger partial charge on any atom is 0.308 e. The van der Waals surface area contributed by atoms with E-state index in [1.54, 1.807) is 0 Å². The number of fused-ring (bicyclic) bond motifs is 1. The molecule has 3 rings (SSSR count). The SMILES string of the molecule is CC(CCOC(=O)C1CCC(O)CC1)CC(=O)OCC1CCC2OC2C1. The van der Waals surface area contributed by atoms with Gasteiger partial charge in [0.05, 0.1) is 37.4 Å². The van der Waals surface area contributed by atoms with Crippen molar-refractivity contribution in [2.75, 3.05) is 13.2 Å². The Morgan fingerprint density at radius 3 is 2.58 bits per heavy atom. The Bertz CT molecular complexity index is 485. The number of esters is 2. The summed E-state index contributed by atoms with van der Waals surface area (Å²) in [6.45, 7) is 2.82. The van der Waals surface area contributed by atoms with Crippen LogP contribution in [0.25, 0.3) is 0 Å². The third-order valence-corrected chi connectivity index (χ3v) is 5.99. The first-order valence-electron chi connectivity index (χ1n) is 10.2. The highest BCUT2D eigenvalue weighted by Crippen LogP contribution is 2.39. The maximum absolute atomic E-state index is 12.0. The van der Waals surface area contributed by atoms with Crippen LogP contribution in [0.4, 0.5) is 0 Å². The fourth-order valence-electron chi connectivity index (χ4n) is 4.08. The number of carbonyl (C=O) groups excluding carboxylic acids is 2. The van der Waals surface area contributed by atoms with Crippen LogP contribution < -0.4 is 0 Å². The van der Waals surface area contributed by atoms with E-state index in [2.05, 4.69) is 0 Å². The molecule has 0 radical (unpaired) electrons. The molecule has 26 heavy (non-hydrogen) atoms. The second-order valence-electron chi connectivity index (χ2n) is 8.35. The zero-order valence-electron chi connectivity index (χ0n) is 15.7. The van der Waals surface area contributed by atoms with Crippen molar-refractivity contribution in [3.05, 3.63) is 0 Å². The van der Waals surface area contributed by atoms with Crippen LogP contribution in [-0.2, 0) is 23.8 Å². The Morgan fingerprint density at radius 2 is 1.85 bits per heavy atom.